The van der Waals surface area contributed by atoms with Crippen LogP contribution in [0.15, 0.2) is 48.2 Å². The maximum atomic E-state index is 13.1. The van der Waals surface area contributed by atoms with E-state index in [1.165, 1.54) is 6.42 Å². The highest BCUT2D eigenvalue weighted by Gasteiger charge is 2.39. The molecule has 0 spiro atoms. The van der Waals surface area contributed by atoms with Crippen molar-refractivity contribution in [3.63, 3.8) is 0 Å². The number of rotatable bonds is 7. The van der Waals surface area contributed by atoms with Crippen molar-refractivity contribution in [2.75, 3.05) is 32.8 Å². The number of urea groups is 1. The predicted molar refractivity (Wildman–Crippen MR) is 114 cm³/mol. The molecule has 1 saturated heterocycles. The number of carbonyl (C=O) groups excluding carboxylic acids is 2. The van der Waals surface area contributed by atoms with E-state index in [-0.39, 0.29) is 12.6 Å². The van der Waals surface area contributed by atoms with Crippen LogP contribution in [0.2, 0.25) is 5.02 Å². The Morgan fingerprint density at radius 1 is 1.31 bits per heavy atom. The van der Waals surface area contributed by atoms with Gasteiger partial charge in [0.05, 0.1) is 18.2 Å². The molecule has 1 aromatic rings. The lowest BCUT2D eigenvalue weighted by atomic mass is 9.93. The zero-order chi connectivity index (χ0) is 20.8. The Bertz CT molecular complexity index is 802. The molecule has 0 unspecified atom stereocenters. The molecule has 0 saturated carbocycles. The summed E-state index contributed by atoms with van der Waals surface area (Å²) < 4.78 is 5.39. The van der Waals surface area contributed by atoms with Crippen LogP contribution in [0, 0.1) is 0 Å². The number of piperidine rings is 1. The van der Waals surface area contributed by atoms with Crippen molar-refractivity contribution in [2.24, 2.45) is 0 Å². The Morgan fingerprint density at radius 2 is 2.03 bits per heavy atom. The van der Waals surface area contributed by atoms with E-state index in [0.717, 1.165) is 25.9 Å². The van der Waals surface area contributed by atoms with Gasteiger partial charge in [0.2, 0.25) is 0 Å². The molecular weight excluding hydrogens is 390 g/mol. The van der Waals surface area contributed by atoms with Crippen molar-refractivity contribution in [1.82, 2.24) is 15.1 Å². The topological polar surface area (TPSA) is 61.9 Å². The van der Waals surface area contributed by atoms with Crippen molar-refractivity contribution < 1.29 is 14.3 Å². The third-order valence-corrected chi connectivity index (χ3v) is 5.63. The molecule has 0 radical (unpaired) electrons. The van der Waals surface area contributed by atoms with Crippen LogP contribution < -0.4 is 5.32 Å². The first kappa shape index (κ1) is 21.4. The summed E-state index contributed by atoms with van der Waals surface area (Å²) in [5.74, 6) is -0.432. The molecule has 6 nitrogen and oxygen atoms in total. The number of amides is 2. The summed E-state index contributed by atoms with van der Waals surface area (Å²) in [6.07, 6.45) is 5.10. The average molecular weight is 418 g/mol. The minimum absolute atomic E-state index is 0.254. The molecule has 3 rings (SSSR count). The first-order chi connectivity index (χ1) is 14.1. The van der Waals surface area contributed by atoms with E-state index in [0.29, 0.717) is 34.9 Å². The quantitative estimate of drug-likeness (QED) is 0.540. The highest BCUT2D eigenvalue weighted by atomic mass is 35.5. The Hall–Kier alpha value is -2.31. The highest BCUT2D eigenvalue weighted by Crippen LogP contribution is 2.35. The van der Waals surface area contributed by atoms with E-state index in [2.05, 4.69) is 16.8 Å². The van der Waals surface area contributed by atoms with E-state index in [1.54, 1.807) is 24.0 Å². The molecule has 2 amide bonds. The lowest BCUT2D eigenvalue weighted by Gasteiger charge is -2.39. The van der Waals surface area contributed by atoms with E-state index in [9.17, 15) is 9.59 Å². The average Bonchev–Trinajstić information content (AvgIpc) is 2.71. The first-order valence-electron chi connectivity index (χ1n) is 10.1. The molecule has 7 heteroatoms. The van der Waals surface area contributed by atoms with Crippen molar-refractivity contribution in [3.8, 4) is 0 Å². The second-order valence-corrected chi connectivity index (χ2v) is 7.63. The number of ether oxygens (including phenoxy) is 1. The van der Waals surface area contributed by atoms with Crippen molar-refractivity contribution in [3.05, 3.63) is 58.8 Å². The molecule has 2 aliphatic heterocycles. The maximum Gasteiger partial charge on any atom is 0.338 e. The van der Waals surface area contributed by atoms with Gasteiger partial charge in [0.15, 0.2) is 0 Å². The normalized spacial score (nSPS) is 20.4. The van der Waals surface area contributed by atoms with Gasteiger partial charge in [0.1, 0.15) is 0 Å². The predicted octanol–water partition coefficient (Wildman–Crippen LogP) is 3.90. The number of nitrogens with one attached hydrogen (secondary N) is 1. The summed E-state index contributed by atoms with van der Waals surface area (Å²) in [5.41, 5.74) is 1.78. The summed E-state index contributed by atoms with van der Waals surface area (Å²) >= 11 is 6.42. The Morgan fingerprint density at radius 3 is 2.69 bits per heavy atom. The first-order valence-corrected chi connectivity index (χ1v) is 10.5. The minimum Gasteiger partial charge on any atom is -0.463 e. The second-order valence-electron chi connectivity index (χ2n) is 7.22. The molecule has 1 aromatic carbocycles. The van der Waals surface area contributed by atoms with E-state index < -0.39 is 12.0 Å². The van der Waals surface area contributed by atoms with Crippen LogP contribution >= 0.6 is 11.6 Å². The van der Waals surface area contributed by atoms with Crippen molar-refractivity contribution in [2.45, 2.75) is 32.2 Å². The van der Waals surface area contributed by atoms with Crippen LogP contribution in [-0.4, -0.2) is 54.6 Å². The molecule has 2 aliphatic rings. The summed E-state index contributed by atoms with van der Waals surface area (Å²) in [5, 5.41) is 3.44. The van der Waals surface area contributed by atoms with Crippen LogP contribution in [0.25, 0.3) is 0 Å². The van der Waals surface area contributed by atoms with E-state index in [4.69, 9.17) is 16.3 Å². The molecule has 0 aliphatic carbocycles. The molecule has 1 atom stereocenters. The molecule has 0 bridgehead atoms. The lowest BCUT2D eigenvalue weighted by Crippen LogP contribution is -2.51. The number of hydrogen-bond acceptors (Lipinski definition) is 4. The number of esters is 1. The zero-order valence-corrected chi connectivity index (χ0v) is 17.6. The van der Waals surface area contributed by atoms with Crippen LogP contribution in [0.1, 0.15) is 37.8 Å². The number of carbonyl (C=O) groups is 2. The maximum absolute atomic E-state index is 13.1. The molecule has 29 heavy (non-hydrogen) atoms. The van der Waals surface area contributed by atoms with Gasteiger partial charge in [-0.15, -0.1) is 6.58 Å². The minimum atomic E-state index is -0.656. The molecule has 156 valence electrons. The summed E-state index contributed by atoms with van der Waals surface area (Å²) in [6, 6.07) is 6.32. The summed E-state index contributed by atoms with van der Waals surface area (Å²) in [4.78, 5) is 29.9. The van der Waals surface area contributed by atoms with Gasteiger partial charge in [-0.1, -0.05) is 42.3 Å². The highest BCUT2D eigenvalue weighted by molar-refractivity contribution is 6.31. The summed E-state index contributed by atoms with van der Waals surface area (Å²) in [7, 11) is 0. The van der Waals surface area contributed by atoms with Gasteiger partial charge in [-0.05, 0) is 44.5 Å². The monoisotopic (exact) mass is 417 g/mol. The van der Waals surface area contributed by atoms with Crippen LogP contribution in [-0.2, 0) is 9.53 Å². The van der Waals surface area contributed by atoms with Gasteiger partial charge in [0, 0.05) is 23.8 Å². The van der Waals surface area contributed by atoms with E-state index in [1.807, 2.05) is 18.2 Å². The molecule has 1 fully saturated rings. The number of hydrogen-bond donors (Lipinski definition) is 1. The van der Waals surface area contributed by atoms with Gasteiger partial charge in [-0.2, -0.15) is 0 Å². The molecule has 2 heterocycles. The van der Waals surface area contributed by atoms with E-state index >= 15 is 0 Å². The number of halogens is 1. The SMILES string of the molecule is C=CCN1C(=O)N[C@@H](c2ccccc2Cl)C(C(=O)OCC)=C1CN1CCCCC1. The van der Waals surface area contributed by atoms with Gasteiger partial charge >= 0.3 is 12.0 Å². The second kappa shape index (κ2) is 9.94. The largest absolute Gasteiger partial charge is 0.463 e. The zero-order valence-electron chi connectivity index (χ0n) is 16.8. The van der Waals surface area contributed by atoms with Crippen LogP contribution in [0.5, 0.6) is 0 Å². The molecule has 1 N–H and O–H groups in total. The van der Waals surface area contributed by atoms with Crippen molar-refractivity contribution >= 4 is 23.6 Å². The number of nitrogens with zero attached hydrogens (tertiary/aromatic N) is 2. The Labute approximate surface area is 177 Å². The van der Waals surface area contributed by atoms with Gasteiger partial charge in [-0.25, -0.2) is 9.59 Å². The smallest absolute Gasteiger partial charge is 0.338 e. The standard InChI is InChI=1S/C22H28ClN3O3/c1-3-12-26-18(15-25-13-8-5-9-14-25)19(21(27)29-4-2)20(24-22(26)28)16-10-6-7-11-17(16)23/h3,6-7,10-11,20H,1,4-5,8-9,12-15H2,2H3,(H,24,28)/t20-/m0/s1. The van der Waals surface area contributed by atoms with Crippen LogP contribution in [0.4, 0.5) is 4.79 Å². The number of benzene rings is 1. The summed E-state index contributed by atoms with van der Waals surface area (Å²) in [6.45, 7) is 8.51. The van der Waals surface area contributed by atoms with Crippen molar-refractivity contribution in [1.29, 1.82) is 0 Å². The third-order valence-electron chi connectivity index (χ3n) is 5.28. The number of likely N-dealkylation sites (tertiary alicyclic amines) is 1. The fourth-order valence-electron chi connectivity index (χ4n) is 3.92. The van der Waals surface area contributed by atoms with Crippen LogP contribution in [0.3, 0.4) is 0 Å². The molecule has 0 aromatic heterocycles. The lowest BCUT2D eigenvalue weighted by molar-refractivity contribution is -0.139. The fourth-order valence-corrected chi connectivity index (χ4v) is 4.16. The Kier molecular flexibility index (Phi) is 7.34. The third kappa shape index (κ3) is 4.82. The van der Waals surface area contributed by atoms with Gasteiger partial charge < -0.3 is 10.1 Å². The van der Waals surface area contributed by atoms with Gasteiger partial charge in [0.25, 0.3) is 0 Å². The molecular formula is C22H28ClN3O3. The fraction of sp³-hybridized carbons (Fsp3) is 0.455. The van der Waals surface area contributed by atoms with Gasteiger partial charge in [-0.3, -0.25) is 9.80 Å². The Balaban J connectivity index is 2.11.